The highest BCUT2D eigenvalue weighted by atomic mass is 35.5. The molecule has 2 atom stereocenters. The zero-order valence-corrected chi connectivity index (χ0v) is 19.5. The van der Waals surface area contributed by atoms with Crippen LogP contribution in [0.15, 0.2) is 59.1 Å². The Bertz CT molecular complexity index is 1120. The minimum absolute atomic E-state index is 0.0334. The number of hydrogen-bond donors (Lipinski definition) is 3. The van der Waals surface area contributed by atoms with E-state index in [1.54, 1.807) is 12.1 Å². The van der Waals surface area contributed by atoms with Gasteiger partial charge in [0.1, 0.15) is 0 Å². The number of aromatic nitrogens is 1. The topological polar surface area (TPSA) is 113 Å². The lowest BCUT2D eigenvalue weighted by Crippen LogP contribution is -2.40. The molecule has 0 fully saturated rings. The first-order valence-electron chi connectivity index (χ1n) is 10.6. The monoisotopic (exact) mass is 470 g/mol. The molecule has 3 N–H and O–H groups in total. The number of halogens is 1. The number of carboxylic acid groups (broad SMARTS) is 1. The van der Waals surface area contributed by atoms with E-state index < -0.39 is 24.0 Å². The molecule has 174 valence electrons. The number of aliphatic hydroxyl groups is 1. The van der Waals surface area contributed by atoms with Gasteiger partial charge in [-0.2, -0.15) is 0 Å². The Morgan fingerprint density at radius 2 is 1.79 bits per heavy atom. The van der Waals surface area contributed by atoms with Crippen molar-refractivity contribution >= 4 is 23.5 Å². The Kier molecular flexibility index (Phi) is 7.56. The van der Waals surface area contributed by atoms with Crippen molar-refractivity contribution in [3.63, 3.8) is 0 Å². The van der Waals surface area contributed by atoms with Crippen LogP contribution in [0.5, 0.6) is 0 Å². The number of amides is 1. The molecule has 0 aliphatic heterocycles. The number of carbonyl (C=O) groups excluding carboxylic acids is 1. The summed E-state index contributed by atoms with van der Waals surface area (Å²) in [6.07, 6.45) is -1.44. The molecule has 0 radical (unpaired) electrons. The van der Waals surface area contributed by atoms with Gasteiger partial charge in [0.25, 0.3) is 5.91 Å². The zero-order chi connectivity index (χ0) is 24.2. The van der Waals surface area contributed by atoms with E-state index in [2.05, 4.69) is 10.5 Å². The highest BCUT2D eigenvalue weighted by Crippen LogP contribution is 2.24. The summed E-state index contributed by atoms with van der Waals surface area (Å²) < 4.78 is 5.18. The molecule has 1 heterocycles. The fourth-order valence-corrected chi connectivity index (χ4v) is 3.53. The fraction of sp³-hybridized carbons (Fsp3) is 0.320. The summed E-state index contributed by atoms with van der Waals surface area (Å²) in [6, 6.07) is 16.1. The molecule has 3 rings (SSSR count). The number of carbonyl (C=O) groups is 2. The van der Waals surface area contributed by atoms with Crippen LogP contribution in [0.2, 0.25) is 5.02 Å². The Labute approximate surface area is 197 Å². The number of nitrogens with one attached hydrogen (secondary N) is 1. The van der Waals surface area contributed by atoms with Crippen molar-refractivity contribution in [3.8, 4) is 11.1 Å². The number of benzene rings is 2. The molecule has 3 aromatic rings. The van der Waals surface area contributed by atoms with Gasteiger partial charge in [0, 0.05) is 29.0 Å². The Morgan fingerprint density at radius 1 is 1.09 bits per heavy atom. The highest BCUT2D eigenvalue weighted by Gasteiger charge is 2.26. The van der Waals surface area contributed by atoms with E-state index in [4.69, 9.17) is 21.2 Å². The minimum Gasteiger partial charge on any atom is -0.479 e. The number of rotatable bonds is 8. The molecular formula is C25H27ClN2O5. The standard InChI is InChI=1S/C25H27ClN2O5/c1-25(2,3)22-14-21(33-28-22)23(30)27-19(13-20(29)24(31)32)11-15-7-9-16(10-8-15)17-5-4-6-18(26)12-17/h4-10,12,14,19-20,29H,11,13H2,1-3H3,(H,27,30)(H,31,32). The molecule has 33 heavy (non-hydrogen) atoms. The van der Waals surface area contributed by atoms with Crippen LogP contribution in [-0.2, 0) is 16.6 Å². The molecule has 0 saturated carbocycles. The molecule has 1 aromatic heterocycles. The van der Waals surface area contributed by atoms with Crippen LogP contribution in [0.3, 0.4) is 0 Å². The molecule has 2 unspecified atom stereocenters. The third-order valence-electron chi connectivity index (χ3n) is 5.22. The van der Waals surface area contributed by atoms with Crippen molar-refractivity contribution in [1.29, 1.82) is 0 Å². The lowest BCUT2D eigenvalue weighted by molar-refractivity contribution is -0.147. The van der Waals surface area contributed by atoms with Gasteiger partial charge in [-0.15, -0.1) is 0 Å². The van der Waals surface area contributed by atoms with Gasteiger partial charge < -0.3 is 20.1 Å². The molecule has 8 heteroatoms. The van der Waals surface area contributed by atoms with Crippen LogP contribution in [0.4, 0.5) is 0 Å². The average molecular weight is 471 g/mol. The third kappa shape index (κ3) is 6.66. The maximum absolute atomic E-state index is 12.7. The third-order valence-corrected chi connectivity index (χ3v) is 5.46. The van der Waals surface area contributed by atoms with Gasteiger partial charge in [-0.05, 0) is 35.2 Å². The maximum Gasteiger partial charge on any atom is 0.332 e. The van der Waals surface area contributed by atoms with Crippen LogP contribution in [0.1, 0.15) is 49.0 Å². The van der Waals surface area contributed by atoms with Crippen molar-refractivity contribution < 1.29 is 24.3 Å². The number of carboxylic acids is 1. The largest absolute Gasteiger partial charge is 0.479 e. The zero-order valence-electron chi connectivity index (χ0n) is 18.7. The van der Waals surface area contributed by atoms with Crippen molar-refractivity contribution in [2.75, 3.05) is 0 Å². The highest BCUT2D eigenvalue weighted by molar-refractivity contribution is 6.30. The lowest BCUT2D eigenvalue weighted by atomic mass is 9.92. The van der Waals surface area contributed by atoms with E-state index in [1.807, 2.05) is 63.2 Å². The van der Waals surface area contributed by atoms with Crippen LogP contribution in [0, 0.1) is 0 Å². The smallest absolute Gasteiger partial charge is 0.332 e. The first-order valence-corrected chi connectivity index (χ1v) is 10.9. The van der Waals surface area contributed by atoms with Crippen molar-refractivity contribution in [3.05, 3.63) is 76.6 Å². The summed E-state index contributed by atoms with van der Waals surface area (Å²) >= 11 is 6.07. The first-order chi connectivity index (χ1) is 15.5. The molecule has 0 spiro atoms. The second-order valence-corrected chi connectivity index (χ2v) is 9.43. The van der Waals surface area contributed by atoms with Gasteiger partial charge in [-0.25, -0.2) is 4.79 Å². The molecule has 7 nitrogen and oxygen atoms in total. The van der Waals surface area contributed by atoms with Crippen molar-refractivity contribution in [2.24, 2.45) is 0 Å². The first kappa shape index (κ1) is 24.5. The maximum atomic E-state index is 12.7. The molecular weight excluding hydrogens is 444 g/mol. The van der Waals surface area contributed by atoms with Gasteiger partial charge in [0.15, 0.2) is 6.10 Å². The summed E-state index contributed by atoms with van der Waals surface area (Å²) in [4.78, 5) is 23.9. The predicted octanol–water partition coefficient (Wildman–Crippen LogP) is 4.47. The van der Waals surface area contributed by atoms with Crippen LogP contribution in [0.25, 0.3) is 11.1 Å². The number of aliphatic hydroxyl groups excluding tert-OH is 1. The van der Waals surface area contributed by atoms with Gasteiger partial charge in [0.2, 0.25) is 5.76 Å². The lowest BCUT2D eigenvalue weighted by Gasteiger charge is -2.20. The van der Waals surface area contributed by atoms with E-state index in [0.29, 0.717) is 17.1 Å². The summed E-state index contributed by atoms with van der Waals surface area (Å²) in [6.45, 7) is 5.85. The van der Waals surface area contributed by atoms with E-state index in [0.717, 1.165) is 16.7 Å². The second-order valence-electron chi connectivity index (χ2n) is 9.00. The van der Waals surface area contributed by atoms with E-state index >= 15 is 0 Å². The summed E-state index contributed by atoms with van der Waals surface area (Å²) in [5.74, 6) is -1.83. The van der Waals surface area contributed by atoms with E-state index in [-0.39, 0.29) is 17.6 Å². The average Bonchev–Trinajstić information content (AvgIpc) is 3.25. The van der Waals surface area contributed by atoms with Gasteiger partial charge in [0.05, 0.1) is 5.69 Å². The molecule has 0 saturated heterocycles. The quantitative estimate of drug-likeness (QED) is 0.447. The van der Waals surface area contributed by atoms with Gasteiger partial charge >= 0.3 is 5.97 Å². The van der Waals surface area contributed by atoms with Crippen LogP contribution < -0.4 is 5.32 Å². The van der Waals surface area contributed by atoms with Crippen molar-refractivity contribution in [1.82, 2.24) is 10.5 Å². The molecule has 1 amide bonds. The predicted molar refractivity (Wildman–Crippen MR) is 125 cm³/mol. The second kappa shape index (κ2) is 10.2. The molecule has 0 bridgehead atoms. The van der Waals surface area contributed by atoms with E-state index in [1.165, 1.54) is 0 Å². The van der Waals surface area contributed by atoms with Gasteiger partial charge in [-0.1, -0.05) is 73.9 Å². The van der Waals surface area contributed by atoms with E-state index in [9.17, 15) is 14.7 Å². The Balaban J connectivity index is 1.75. The minimum atomic E-state index is -1.61. The van der Waals surface area contributed by atoms with Gasteiger partial charge in [-0.3, -0.25) is 4.79 Å². The normalized spacial score (nSPS) is 13.4. The summed E-state index contributed by atoms with van der Waals surface area (Å²) in [7, 11) is 0. The molecule has 2 aromatic carbocycles. The van der Waals surface area contributed by atoms with Crippen LogP contribution >= 0.6 is 11.6 Å². The van der Waals surface area contributed by atoms with Crippen LogP contribution in [-0.4, -0.2) is 39.4 Å². The molecule has 0 aliphatic rings. The number of aliphatic carboxylic acids is 1. The number of nitrogens with zero attached hydrogens (tertiary/aromatic N) is 1. The summed E-state index contributed by atoms with van der Waals surface area (Å²) in [5.41, 5.74) is 3.16. The molecule has 0 aliphatic carbocycles. The fourth-order valence-electron chi connectivity index (χ4n) is 3.34. The van der Waals surface area contributed by atoms with Crippen molar-refractivity contribution in [2.45, 2.75) is 51.2 Å². The Morgan fingerprint density at radius 3 is 2.36 bits per heavy atom. The number of hydrogen-bond acceptors (Lipinski definition) is 5. The Hall–Kier alpha value is -3.16. The summed E-state index contributed by atoms with van der Waals surface area (Å²) in [5, 5.41) is 26.4. The SMILES string of the molecule is CC(C)(C)c1cc(C(=O)NC(Cc2ccc(-c3cccc(Cl)c3)cc2)CC(O)C(=O)O)on1.